The normalized spacial score (nSPS) is 12.3. The third-order valence-corrected chi connectivity index (χ3v) is 5.83. The van der Waals surface area contributed by atoms with Crippen molar-refractivity contribution in [3.63, 3.8) is 0 Å². The Morgan fingerprint density at radius 1 is 0.714 bits per heavy atom. The molecule has 0 aliphatic rings. The first-order valence-corrected chi connectivity index (χ1v) is 8.87. The predicted molar refractivity (Wildman–Crippen MR) is 77.8 cm³/mol. The molecule has 112 valence electrons. The summed E-state index contributed by atoms with van der Waals surface area (Å²) in [6.07, 6.45) is 0. The summed E-state index contributed by atoms with van der Waals surface area (Å²) < 4.78 is 52.7. The average molecular weight is 326 g/mol. The Balaban J connectivity index is 2.40. The van der Waals surface area contributed by atoms with E-state index in [1.165, 1.54) is 36.4 Å². The second-order valence-corrected chi connectivity index (χ2v) is 7.91. The zero-order chi connectivity index (χ0) is 15.7. The standard InChI is InChI=1S/C14H14O5S2/c1-11-5-3-7-13(9-11)20(15,16)19-21(17,18)14-8-4-6-12(2)10-14/h3-10H,1-2H3. The first-order valence-electron chi connectivity index (χ1n) is 6.05. The average Bonchev–Trinajstić information content (AvgIpc) is 2.37. The van der Waals surface area contributed by atoms with Gasteiger partial charge in [0.25, 0.3) is 0 Å². The summed E-state index contributed by atoms with van der Waals surface area (Å²) >= 11 is 0. The van der Waals surface area contributed by atoms with Crippen LogP contribution in [0.2, 0.25) is 0 Å². The van der Waals surface area contributed by atoms with Crippen molar-refractivity contribution in [3.8, 4) is 0 Å². The zero-order valence-electron chi connectivity index (χ0n) is 11.5. The highest BCUT2D eigenvalue weighted by atomic mass is 32.3. The largest absolute Gasteiger partial charge is 0.311 e. The first kappa shape index (κ1) is 15.7. The molecule has 0 saturated carbocycles. The molecule has 0 spiro atoms. The van der Waals surface area contributed by atoms with E-state index in [0.29, 0.717) is 11.1 Å². The Morgan fingerprint density at radius 2 is 1.10 bits per heavy atom. The summed E-state index contributed by atoms with van der Waals surface area (Å²) in [5, 5.41) is 0. The summed E-state index contributed by atoms with van der Waals surface area (Å²) in [5.74, 6) is 0. The van der Waals surface area contributed by atoms with Crippen LogP contribution in [0.25, 0.3) is 0 Å². The van der Waals surface area contributed by atoms with Crippen LogP contribution in [-0.2, 0) is 23.9 Å². The van der Waals surface area contributed by atoms with Gasteiger partial charge in [0.2, 0.25) is 0 Å². The smallest absolute Gasteiger partial charge is 0.193 e. The fourth-order valence-corrected chi connectivity index (χ4v) is 4.46. The molecule has 0 aliphatic carbocycles. The van der Waals surface area contributed by atoms with E-state index >= 15 is 0 Å². The van der Waals surface area contributed by atoms with E-state index in [1.807, 2.05) is 0 Å². The van der Waals surface area contributed by atoms with Gasteiger partial charge in [-0.2, -0.15) is 16.8 Å². The molecule has 7 heteroatoms. The van der Waals surface area contributed by atoms with E-state index < -0.39 is 20.2 Å². The van der Waals surface area contributed by atoms with Crippen molar-refractivity contribution >= 4 is 20.2 Å². The van der Waals surface area contributed by atoms with Crippen LogP contribution >= 0.6 is 0 Å². The molecule has 0 heterocycles. The van der Waals surface area contributed by atoms with E-state index in [-0.39, 0.29) is 9.79 Å². The monoisotopic (exact) mass is 326 g/mol. The van der Waals surface area contributed by atoms with Crippen LogP contribution in [0.4, 0.5) is 0 Å². The molecule has 0 aliphatic heterocycles. The van der Waals surface area contributed by atoms with E-state index in [4.69, 9.17) is 0 Å². The highest BCUT2D eigenvalue weighted by molar-refractivity contribution is 7.99. The fourth-order valence-electron chi connectivity index (χ4n) is 1.74. The van der Waals surface area contributed by atoms with Crippen molar-refractivity contribution in [1.29, 1.82) is 0 Å². The van der Waals surface area contributed by atoms with Gasteiger partial charge in [0.05, 0.1) is 9.79 Å². The van der Waals surface area contributed by atoms with Crippen molar-refractivity contribution in [1.82, 2.24) is 0 Å². The Kier molecular flexibility index (Phi) is 4.18. The van der Waals surface area contributed by atoms with E-state index in [1.54, 1.807) is 26.0 Å². The second-order valence-electron chi connectivity index (χ2n) is 4.61. The summed E-state index contributed by atoms with van der Waals surface area (Å²) in [6.45, 7) is 3.40. The Bertz CT molecular complexity index is 794. The van der Waals surface area contributed by atoms with Gasteiger partial charge in [-0.25, -0.2) is 0 Å². The van der Waals surface area contributed by atoms with Gasteiger partial charge in [0.15, 0.2) is 0 Å². The van der Waals surface area contributed by atoms with E-state index in [2.05, 4.69) is 3.63 Å². The topological polar surface area (TPSA) is 77.5 Å². The van der Waals surface area contributed by atoms with Crippen molar-refractivity contribution < 1.29 is 20.5 Å². The van der Waals surface area contributed by atoms with Gasteiger partial charge < -0.3 is 0 Å². The Hall–Kier alpha value is -1.70. The molecular formula is C14H14O5S2. The summed E-state index contributed by atoms with van der Waals surface area (Å²) in [7, 11) is -8.78. The third-order valence-electron chi connectivity index (χ3n) is 2.74. The molecular weight excluding hydrogens is 312 g/mol. The summed E-state index contributed by atoms with van der Waals surface area (Å²) in [6, 6.07) is 11.7. The van der Waals surface area contributed by atoms with E-state index in [9.17, 15) is 16.8 Å². The van der Waals surface area contributed by atoms with Gasteiger partial charge in [0.1, 0.15) is 0 Å². The summed E-state index contributed by atoms with van der Waals surface area (Å²) in [4.78, 5) is -0.391. The molecule has 0 bridgehead atoms. The van der Waals surface area contributed by atoms with Gasteiger partial charge in [-0.1, -0.05) is 24.3 Å². The Morgan fingerprint density at radius 3 is 1.43 bits per heavy atom. The van der Waals surface area contributed by atoms with E-state index in [0.717, 1.165) is 0 Å². The van der Waals surface area contributed by atoms with Crippen LogP contribution in [0, 0.1) is 13.8 Å². The molecule has 21 heavy (non-hydrogen) atoms. The molecule has 0 N–H and O–H groups in total. The van der Waals surface area contributed by atoms with Crippen LogP contribution in [0.5, 0.6) is 0 Å². The lowest BCUT2D eigenvalue weighted by molar-refractivity contribution is 0.461. The molecule has 2 rings (SSSR count). The van der Waals surface area contributed by atoms with Crippen LogP contribution < -0.4 is 0 Å². The molecule has 0 aromatic heterocycles. The molecule has 0 atom stereocenters. The third kappa shape index (κ3) is 3.69. The minimum atomic E-state index is -4.39. The van der Waals surface area contributed by atoms with Gasteiger partial charge in [0, 0.05) is 0 Å². The quantitative estimate of drug-likeness (QED) is 0.862. The SMILES string of the molecule is Cc1cccc(S(=O)(=O)OS(=O)(=O)c2cccc(C)c2)c1. The van der Waals surface area contributed by atoms with Crippen LogP contribution in [0.15, 0.2) is 58.3 Å². The fraction of sp³-hybridized carbons (Fsp3) is 0.143. The highest BCUT2D eigenvalue weighted by Gasteiger charge is 2.26. The number of benzene rings is 2. The van der Waals surface area contributed by atoms with Crippen LogP contribution in [0.3, 0.4) is 0 Å². The number of hydrogen-bond acceptors (Lipinski definition) is 5. The second kappa shape index (κ2) is 5.59. The highest BCUT2D eigenvalue weighted by Crippen LogP contribution is 2.21. The molecule has 0 saturated heterocycles. The lowest BCUT2D eigenvalue weighted by Crippen LogP contribution is -2.14. The minimum absolute atomic E-state index is 0.196. The van der Waals surface area contributed by atoms with Gasteiger partial charge in [-0.05, 0) is 49.2 Å². The number of hydrogen-bond donors (Lipinski definition) is 0. The maximum absolute atomic E-state index is 12.1. The summed E-state index contributed by atoms with van der Waals surface area (Å²) in [5.41, 5.74) is 1.38. The van der Waals surface area contributed by atoms with Gasteiger partial charge >= 0.3 is 20.2 Å². The van der Waals surface area contributed by atoms with Crippen LogP contribution in [0.1, 0.15) is 11.1 Å². The number of rotatable bonds is 4. The van der Waals surface area contributed by atoms with Crippen molar-refractivity contribution in [2.45, 2.75) is 23.6 Å². The number of aryl methyl sites for hydroxylation is 2. The minimum Gasteiger partial charge on any atom is -0.193 e. The molecule has 0 amide bonds. The van der Waals surface area contributed by atoms with Crippen LogP contribution in [-0.4, -0.2) is 16.8 Å². The zero-order valence-corrected chi connectivity index (χ0v) is 13.1. The van der Waals surface area contributed by atoms with Gasteiger partial charge in [-0.15, -0.1) is 3.63 Å². The maximum atomic E-state index is 12.1. The maximum Gasteiger partial charge on any atom is 0.311 e. The molecule has 5 nitrogen and oxygen atoms in total. The molecule has 0 unspecified atom stereocenters. The molecule has 2 aromatic carbocycles. The Labute approximate surface area is 124 Å². The van der Waals surface area contributed by atoms with Crippen molar-refractivity contribution in [2.24, 2.45) is 0 Å². The molecule has 2 aromatic rings. The van der Waals surface area contributed by atoms with Crippen molar-refractivity contribution in [2.75, 3.05) is 0 Å². The molecule has 0 fully saturated rings. The van der Waals surface area contributed by atoms with Crippen molar-refractivity contribution in [3.05, 3.63) is 59.7 Å². The molecule has 0 radical (unpaired) electrons. The first-order chi connectivity index (χ1) is 9.71. The van der Waals surface area contributed by atoms with Gasteiger partial charge in [-0.3, -0.25) is 0 Å². The predicted octanol–water partition coefficient (Wildman–Crippen LogP) is 2.40. The lowest BCUT2D eigenvalue weighted by Gasteiger charge is -2.07. The lowest BCUT2D eigenvalue weighted by atomic mass is 10.2.